The lowest BCUT2D eigenvalue weighted by atomic mass is 9.90. The number of carbonyl (C=O) groups is 4. The lowest BCUT2D eigenvalue weighted by molar-refractivity contribution is -0.135. The fourth-order valence-corrected chi connectivity index (χ4v) is 10.6. The number of aromatic nitrogens is 2. The lowest BCUT2D eigenvalue weighted by Crippen LogP contribution is -2.51. The van der Waals surface area contributed by atoms with E-state index in [-0.39, 0.29) is 35.7 Å². The fraction of sp³-hybridized carbons (Fsp3) is 0.358. The standard InChI is InChI=1S/C53H55N7O8/c1-29(2)47(57-52(63)66-4)50(61)59-19-9-12-44(59)49-55-41-18-14-33(23-42(41)56-49)32-13-16-36-35(21-32)28-68-46-25-37-34(22-39(36)46)15-17-40-38(37)24-43(54-40)45-20-30(27-65-3)26-60(45)51(62)48(58-53(64)67-5)31-10-7-6-8-11-31/h6-8,10-11,13-18,21-23,25,29-30,44-45,47-48H,9,12,19-20,24,26-28H2,1-5H3,(H,55,56)(H,57,63)(H,58,64)/t30-,44-,45-,47-,48+/m0/s1. The van der Waals surface area contributed by atoms with Crippen LogP contribution in [0.3, 0.4) is 0 Å². The number of imidazole rings is 1. The Morgan fingerprint density at radius 2 is 1.62 bits per heavy atom. The summed E-state index contributed by atoms with van der Waals surface area (Å²) < 4.78 is 21.8. The molecule has 5 atom stereocenters. The molecular weight excluding hydrogens is 863 g/mol. The largest absolute Gasteiger partial charge is 0.488 e. The Labute approximate surface area is 394 Å². The maximum absolute atomic E-state index is 14.5. The fourth-order valence-electron chi connectivity index (χ4n) is 10.6. The molecule has 15 nitrogen and oxygen atoms in total. The molecule has 0 unspecified atom stereocenters. The number of benzene rings is 5. The van der Waals surface area contributed by atoms with Gasteiger partial charge in [0.25, 0.3) is 0 Å². The summed E-state index contributed by atoms with van der Waals surface area (Å²) in [4.78, 5) is 70.1. The first kappa shape index (κ1) is 44.6. The second kappa shape index (κ2) is 18.4. The van der Waals surface area contributed by atoms with Gasteiger partial charge < -0.3 is 44.4 Å². The van der Waals surface area contributed by atoms with Crippen molar-refractivity contribution in [3.05, 3.63) is 114 Å². The van der Waals surface area contributed by atoms with Crippen LogP contribution in [0.1, 0.15) is 67.7 Å². The number of hydrogen-bond donors (Lipinski definition) is 3. The molecule has 0 bridgehead atoms. The number of nitrogens with one attached hydrogen (secondary N) is 3. The second-order valence-corrected chi connectivity index (χ2v) is 18.5. The molecule has 0 saturated carbocycles. The van der Waals surface area contributed by atoms with Gasteiger partial charge in [-0.05, 0) is 106 Å². The molecule has 68 heavy (non-hydrogen) atoms. The average Bonchev–Trinajstić information content (AvgIpc) is 4.19. The Kier molecular flexibility index (Phi) is 12.1. The van der Waals surface area contributed by atoms with E-state index < -0.39 is 24.3 Å². The minimum atomic E-state index is -0.926. The molecule has 15 heteroatoms. The molecule has 6 aromatic rings. The Hall–Kier alpha value is -7.26. The number of hydrogen-bond acceptors (Lipinski definition) is 10. The van der Waals surface area contributed by atoms with Crippen LogP contribution in [0.2, 0.25) is 0 Å². The summed E-state index contributed by atoms with van der Waals surface area (Å²) in [6.07, 6.45) is 1.57. The smallest absolute Gasteiger partial charge is 0.407 e. The number of H-pyrrole nitrogens is 1. The van der Waals surface area contributed by atoms with E-state index in [9.17, 15) is 19.2 Å². The number of likely N-dealkylation sites (tertiary alicyclic amines) is 2. The highest BCUT2D eigenvalue weighted by molar-refractivity contribution is 6.07. The van der Waals surface area contributed by atoms with Gasteiger partial charge in [0.2, 0.25) is 11.8 Å². The predicted octanol–water partition coefficient (Wildman–Crippen LogP) is 8.58. The van der Waals surface area contributed by atoms with Crippen LogP contribution in [0.5, 0.6) is 5.75 Å². The number of alkyl carbamates (subject to hydrolysis) is 2. The Bertz CT molecular complexity index is 2990. The van der Waals surface area contributed by atoms with Crippen LogP contribution >= 0.6 is 0 Å². The van der Waals surface area contributed by atoms with Gasteiger partial charge in [0, 0.05) is 43.8 Å². The van der Waals surface area contributed by atoms with Gasteiger partial charge >= 0.3 is 12.2 Å². The number of amides is 4. The van der Waals surface area contributed by atoms with E-state index in [4.69, 9.17) is 28.9 Å². The third-order valence-electron chi connectivity index (χ3n) is 14.0. The van der Waals surface area contributed by atoms with Crippen molar-refractivity contribution < 1.29 is 38.1 Å². The number of aromatic amines is 1. The van der Waals surface area contributed by atoms with Crippen molar-refractivity contribution in [1.29, 1.82) is 0 Å². The van der Waals surface area contributed by atoms with E-state index in [2.05, 4.69) is 70.2 Å². The van der Waals surface area contributed by atoms with Gasteiger partial charge in [0.15, 0.2) is 0 Å². The maximum Gasteiger partial charge on any atom is 0.407 e. The van der Waals surface area contributed by atoms with Crippen molar-refractivity contribution in [3.8, 4) is 28.0 Å². The first-order valence-electron chi connectivity index (χ1n) is 23.3. The van der Waals surface area contributed by atoms with Crippen molar-refractivity contribution in [3.63, 3.8) is 0 Å². The average molecular weight is 918 g/mol. The molecular formula is C53H55N7O8. The minimum absolute atomic E-state index is 0.100. The van der Waals surface area contributed by atoms with Crippen molar-refractivity contribution in [1.82, 2.24) is 30.4 Å². The molecule has 5 aromatic carbocycles. The van der Waals surface area contributed by atoms with Crippen LogP contribution in [-0.4, -0.2) is 103 Å². The Morgan fingerprint density at radius 3 is 2.40 bits per heavy atom. The summed E-state index contributed by atoms with van der Waals surface area (Å²) >= 11 is 0. The predicted molar refractivity (Wildman–Crippen MR) is 258 cm³/mol. The molecule has 4 amide bonds. The molecule has 0 spiro atoms. The normalized spacial score (nSPS) is 19.2. The zero-order valence-corrected chi connectivity index (χ0v) is 38.8. The highest BCUT2D eigenvalue weighted by Crippen LogP contribution is 2.45. The van der Waals surface area contributed by atoms with E-state index in [1.54, 1.807) is 7.11 Å². The maximum atomic E-state index is 14.5. The molecule has 350 valence electrons. The molecule has 0 aliphatic carbocycles. The van der Waals surface area contributed by atoms with Crippen LogP contribution < -0.4 is 15.4 Å². The molecule has 3 N–H and O–H groups in total. The quantitative estimate of drug-likeness (QED) is 0.115. The van der Waals surface area contributed by atoms with E-state index in [0.29, 0.717) is 44.7 Å². The topological polar surface area (TPSA) is 177 Å². The molecule has 4 aliphatic heterocycles. The van der Waals surface area contributed by atoms with E-state index in [1.165, 1.54) is 14.2 Å². The van der Waals surface area contributed by atoms with Crippen molar-refractivity contribution in [2.75, 3.05) is 41.0 Å². The molecule has 2 saturated heterocycles. The molecule has 1 aromatic heterocycles. The van der Waals surface area contributed by atoms with Gasteiger partial charge in [-0.15, -0.1) is 0 Å². The van der Waals surface area contributed by atoms with Gasteiger partial charge in [0.05, 0.1) is 49.6 Å². The van der Waals surface area contributed by atoms with Crippen LogP contribution in [0, 0.1) is 11.8 Å². The Morgan fingerprint density at radius 1 is 0.838 bits per heavy atom. The number of ether oxygens (including phenoxy) is 4. The van der Waals surface area contributed by atoms with E-state index in [0.717, 1.165) is 91.0 Å². The summed E-state index contributed by atoms with van der Waals surface area (Å²) in [7, 11) is 4.26. The van der Waals surface area contributed by atoms with Gasteiger partial charge in [0.1, 0.15) is 30.3 Å². The van der Waals surface area contributed by atoms with Crippen LogP contribution in [0.15, 0.2) is 96.0 Å². The molecule has 4 aliphatic rings. The zero-order chi connectivity index (χ0) is 47.2. The molecule has 0 radical (unpaired) electrons. The summed E-state index contributed by atoms with van der Waals surface area (Å²) in [5.41, 5.74) is 10.5. The number of aliphatic imine (C=N–C) groups is 1. The summed E-state index contributed by atoms with van der Waals surface area (Å²) in [5, 5.41) is 7.63. The van der Waals surface area contributed by atoms with Gasteiger partial charge in [-0.3, -0.25) is 14.6 Å². The van der Waals surface area contributed by atoms with Crippen molar-refractivity contribution in [2.45, 2.75) is 70.3 Å². The minimum Gasteiger partial charge on any atom is -0.488 e. The SMILES string of the molecule is COC[C@H]1C[C@@H](C2=Nc3ccc4cc5c(cc4c3C2)OCc2cc(-c3ccc4nc([C@@H]6CCCN6C(=O)[C@@H](NC(=O)OC)C(C)C)[nH]c4c3)ccc2-5)N(C(=O)[C@H](NC(=O)OC)c2ccccc2)C1. The zero-order valence-electron chi connectivity index (χ0n) is 38.8. The summed E-state index contributed by atoms with van der Waals surface area (Å²) in [5.74, 6) is 1.16. The van der Waals surface area contributed by atoms with Gasteiger partial charge in [-0.2, -0.15) is 0 Å². The lowest BCUT2D eigenvalue weighted by Gasteiger charge is -2.29. The first-order chi connectivity index (χ1) is 33.0. The third kappa shape index (κ3) is 8.29. The highest BCUT2D eigenvalue weighted by atomic mass is 16.5. The van der Waals surface area contributed by atoms with Crippen molar-refractivity contribution in [2.24, 2.45) is 16.8 Å². The number of fused-ring (bicyclic) bond motifs is 7. The summed E-state index contributed by atoms with van der Waals surface area (Å²) in [6.45, 7) is 5.78. The monoisotopic (exact) mass is 917 g/mol. The van der Waals surface area contributed by atoms with Crippen LogP contribution in [0.4, 0.5) is 15.3 Å². The van der Waals surface area contributed by atoms with E-state index in [1.807, 2.05) is 60.0 Å². The summed E-state index contributed by atoms with van der Waals surface area (Å²) in [6, 6.07) is 28.3. The van der Waals surface area contributed by atoms with E-state index >= 15 is 0 Å². The molecule has 5 heterocycles. The van der Waals surface area contributed by atoms with Crippen LogP contribution in [0.25, 0.3) is 44.1 Å². The van der Waals surface area contributed by atoms with Gasteiger partial charge in [-0.1, -0.05) is 68.4 Å². The first-order valence-corrected chi connectivity index (χ1v) is 23.3. The van der Waals surface area contributed by atoms with Crippen LogP contribution in [-0.2, 0) is 36.8 Å². The third-order valence-corrected chi connectivity index (χ3v) is 14.0. The number of rotatable bonds is 11. The molecule has 10 rings (SSSR count). The Balaban J connectivity index is 0.884. The highest BCUT2D eigenvalue weighted by Gasteiger charge is 2.43. The second-order valence-electron chi connectivity index (χ2n) is 18.5. The van der Waals surface area contributed by atoms with Crippen molar-refractivity contribution >= 4 is 57.2 Å². The number of methoxy groups -OCH3 is 3. The van der Waals surface area contributed by atoms with Gasteiger partial charge in [-0.25, -0.2) is 14.6 Å². The number of nitrogens with zero attached hydrogens (tertiary/aromatic N) is 4. The number of carbonyl (C=O) groups excluding carboxylic acids is 4. The molecule has 2 fully saturated rings.